The Morgan fingerprint density at radius 3 is 1.42 bits per heavy atom. The Morgan fingerprint density at radius 2 is 0.836 bits per heavy atom. The van der Waals surface area contributed by atoms with Gasteiger partial charge in [-0.1, -0.05) is 66.7 Å². The minimum absolute atomic E-state index is 0.562. The van der Waals surface area contributed by atoms with Crippen molar-refractivity contribution < 1.29 is 18.5 Å². The van der Waals surface area contributed by atoms with Crippen LogP contribution in [-0.2, 0) is 0 Å². The summed E-state index contributed by atoms with van der Waals surface area (Å²) in [6.45, 7) is 0. The van der Waals surface area contributed by atoms with Crippen LogP contribution in [0.15, 0.2) is 173 Å². The fourth-order valence-corrected chi connectivity index (χ4v) is 8.73. The number of nitrogens with zero attached hydrogens (tertiary/aromatic N) is 2. The van der Waals surface area contributed by atoms with E-state index in [1.54, 1.807) is 0 Å². The van der Waals surface area contributed by atoms with Crippen molar-refractivity contribution in [3.05, 3.63) is 164 Å². The van der Waals surface area contributed by atoms with Crippen molar-refractivity contribution in [3.8, 4) is 28.3 Å². The van der Waals surface area contributed by atoms with Gasteiger partial charge in [0.25, 0.3) is 0 Å². The first-order valence-electron chi connectivity index (χ1n) is 18.3. The summed E-state index contributed by atoms with van der Waals surface area (Å²) in [6.07, 6.45) is 0. The van der Waals surface area contributed by atoms with Crippen LogP contribution in [-0.4, -0.2) is 21.8 Å². The van der Waals surface area contributed by atoms with E-state index < -0.39 is 0 Å². The lowest BCUT2D eigenvalue weighted by Gasteiger charge is -2.10. The molecule has 8 aromatic carbocycles. The van der Waals surface area contributed by atoms with Crippen LogP contribution in [0.4, 0.5) is 0 Å². The molecule has 12 rings (SSSR count). The van der Waals surface area contributed by atoms with Crippen LogP contribution < -0.4 is 4.65 Å². The van der Waals surface area contributed by atoms with Gasteiger partial charge in [0, 0.05) is 54.5 Å². The van der Waals surface area contributed by atoms with Gasteiger partial charge in [0.05, 0.1) is 22.1 Å². The van der Waals surface area contributed by atoms with Crippen LogP contribution in [0.3, 0.4) is 0 Å². The molecule has 12 aromatic rings. The van der Waals surface area contributed by atoms with E-state index in [1.165, 1.54) is 10.8 Å². The van der Waals surface area contributed by atoms with Crippen LogP contribution in [0.1, 0.15) is 0 Å². The second-order valence-electron chi connectivity index (χ2n) is 14.1. The lowest BCUT2D eigenvalue weighted by Crippen LogP contribution is -1.99. The van der Waals surface area contributed by atoms with Gasteiger partial charge in [-0.15, -0.1) is 0 Å². The van der Waals surface area contributed by atoms with E-state index in [-0.39, 0.29) is 0 Å². The average molecular weight is 708 g/mol. The Kier molecular flexibility index (Phi) is 6.27. The molecule has 1 radical (unpaired) electrons. The molecule has 0 bridgehead atoms. The summed E-state index contributed by atoms with van der Waals surface area (Å²) < 4.78 is 22.4. The average Bonchev–Trinajstić information content (AvgIpc) is 3.97. The molecule has 0 saturated heterocycles. The number of para-hydroxylation sites is 3. The molecule has 0 atom stereocenters. The smallest absolute Gasteiger partial charge is 0.537 e. The summed E-state index contributed by atoms with van der Waals surface area (Å²) >= 11 is 0. The predicted molar refractivity (Wildman–Crippen MR) is 224 cm³/mol. The van der Waals surface area contributed by atoms with E-state index >= 15 is 0 Å². The van der Waals surface area contributed by atoms with Gasteiger partial charge in [-0.2, -0.15) is 0 Å². The SMILES string of the molecule is O[B]Oc1ccc2c(c1)c1cc(-c3ccc4c(c3)c3ccccc3n4-c3ccc4oc5ccccc5c4c3)ccc1n2-c1ccc2oc3ccccc3c2c1. The van der Waals surface area contributed by atoms with Crippen molar-refractivity contribution in [1.29, 1.82) is 0 Å². The van der Waals surface area contributed by atoms with Crippen LogP contribution in [0.25, 0.3) is 110 Å². The van der Waals surface area contributed by atoms with E-state index in [0.29, 0.717) is 5.75 Å². The molecule has 0 spiro atoms. The summed E-state index contributed by atoms with van der Waals surface area (Å²) in [4.78, 5) is 0. The lowest BCUT2D eigenvalue weighted by molar-refractivity contribution is 0.454. The van der Waals surface area contributed by atoms with Gasteiger partial charge in [-0.05, 0) is 108 Å². The number of fused-ring (bicyclic) bond motifs is 12. The zero-order valence-corrected chi connectivity index (χ0v) is 29.2. The number of hydrogen-bond donors (Lipinski definition) is 1. The third-order valence-corrected chi connectivity index (χ3v) is 11.2. The third-order valence-electron chi connectivity index (χ3n) is 11.2. The second kappa shape index (κ2) is 11.4. The number of aromatic nitrogens is 2. The first-order valence-corrected chi connectivity index (χ1v) is 18.3. The fraction of sp³-hybridized carbons (Fsp3) is 0. The Labute approximate surface area is 313 Å². The number of rotatable bonds is 5. The molecule has 0 unspecified atom stereocenters. The number of furan rings is 2. The maximum atomic E-state index is 9.50. The fourth-order valence-electron chi connectivity index (χ4n) is 8.73. The van der Waals surface area contributed by atoms with Crippen LogP contribution in [0, 0.1) is 0 Å². The largest absolute Gasteiger partial charge is 0.569 e. The maximum absolute atomic E-state index is 9.50. The second-order valence-corrected chi connectivity index (χ2v) is 14.1. The van der Waals surface area contributed by atoms with Gasteiger partial charge in [0.1, 0.15) is 28.1 Å². The van der Waals surface area contributed by atoms with E-state index in [9.17, 15) is 5.02 Å². The van der Waals surface area contributed by atoms with Crippen molar-refractivity contribution in [3.63, 3.8) is 0 Å². The molecule has 0 fully saturated rings. The van der Waals surface area contributed by atoms with E-state index in [4.69, 9.17) is 13.5 Å². The first kappa shape index (κ1) is 30.3. The molecule has 1 N–H and O–H groups in total. The molecule has 4 heterocycles. The van der Waals surface area contributed by atoms with Crippen molar-refractivity contribution in [2.24, 2.45) is 0 Å². The monoisotopic (exact) mass is 707 g/mol. The lowest BCUT2D eigenvalue weighted by atomic mass is 10.0. The van der Waals surface area contributed by atoms with Gasteiger partial charge in [-0.25, -0.2) is 0 Å². The molecule has 0 aliphatic carbocycles. The topological polar surface area (TPSA) is 65.6 Å². The summed E-state index contributed by atoms with van der Waals surface area (Å²) in [7, 11) is 0.727. The molecule has 0 aliphatic heterocycles. The molecule has 7 heteroatoms. The minimum atomic E-state index is 0.562. The normalized spacial score (nSPS) is 12.1. The molecule has 4 aromatic heterocycles. The standard InChI is InChI=1S/C48H28BN2O4/c52-49-55-32-17-20-44-38(27-32)37-24-29(14-19-43(37)51(44)31-16-22-48-40(26-31)35-9-3-6-12-46(35)54-48)28-13-18-42-36(23-28)33-7-1-4-10-41(33)50(42)30-15-21-47-39(25-30)34-8-2-5-11-45(34)53-47/h1-27,52H. The highest BCUT2D eigenvalue weighted by atomic mass is 16.5. The van der Waals surface area contributed by atoms with E-state index in [2.05, 4.69) is 130 Å². The van der Waals surface area contributed by atoms with Gasteiger partial charge >= 0.3 is 7.69 Å². The Balaban J connectivity index is 1.04. The van der Waals surface area contributed by atoms with Gasteiger partial charge in [0.15, 0.2) is 0 Å². The highest BCUT2D eigenvalue weighted by Gasteiger charge is 2.19. The van der Waals surface area contributed by atoms with Crippen molar-refractivity contribution >= 4 is 95.2 Å². The predicted octanol–water partition coefficient (Wildman–Crippen LogP) is 12.3. The Morgan fingerprint density at radius 1 is 0.382 bits per heavy atom. The van der Waals surface area contributed by atoms with Gasteiger partial charge in [-0.3, -0.25) is 0 Å². The highest BCUT2D eigenvalue weighted by Crippen LogP contribution is 2.41. The Hall–Kier alpha value is -7.22. The summed E-state index contributed by atoms with van der Waals surface area (Å²) in [5.74, 6) is 0.562. The zero-order chi connectivity index (χ0) is 36.2. The first-order chi connectivity index (χ1) is 27.2. The van der Waals surface area contributed by atoms with Gasteiger partial charge in [0.2, 0.25) is 0 Å². The molecule has 0 amide bonds. The van der Waals surface area contributed by atoms with Crippen LogP contribution >= 0.6 is 0 Å². The zero-order valence-electron chi connectivity index (χ0n) is 29.2. The summed E-state index contributed by atoms with van der Waals surface area (Å²) in [5.41, 5.74) is 12.2. The molecule has 0 aliphatic rings. The van der Waals surface area contributed by atoms with E-state index in [0.717, 1.165) is 107 Å². The minimum Gasteiger partial charge on any atom is -0.537 e. The number of benzene rings is 8. The molecule has 0 saturated carbocycles. The summed E-state index contributed by atoms with van der Waals surface area (Å²) in [6, 6.07) is 57.2. The molecule has 55 heavy (non-hydrogen) atoms. The van der Waals surface area contributed by atoms with Crippen molar-refractivity contribution in [1.82, 2.24) is 9.13 Å². The quantitative estimate of drug-likeness (QED) is 0.181. The summed E-state index contributed by atoms with van der Waals surface area (Å²) in [5, 5.41) is 18.3. The molecular weight excluding hydrogens is 679 g/mol. The number of hydrogen-bond acceptors (Lipinski definition) is 4. The molecular formula is C48H28BN2O4. The molecule has 6 nitrogen and oxygen atoms in total. The van der Waals surface area contributed by atoms with Crippen LogP contribution in [0.2, 0.25) is 0 Å². The molecule has 257 valence electrons. The van der Waals surface area contributed by atoms with E-state index in [1.807, 2.05) is 42.5 Å². The van der Waals surface area contributed by atoms with Crippen LogP contribution in [0.5, 0.6) is 5.75 Å². The highest BCUT2D eigenvalue weighted by molar-refractivity contribution is 6.18. The van der Waals surface area contributed by atoms with Crippen molar-refractivity contribution in [2.45, 2.75) is 0 Å². The maximum Gasteiger partial charge on any atom is 0.569 e. The van der Waals surface area contributed by atoms with Crippen molar-refractivity contribution in [2.75, 3.05) is 0 Å². The Bertz CT molecular complexity index is 3530. The third kappa shape index (κ3) is 4.42. The van der Waals surface area contributed by atoms with Gasteiger partial charge < -0.3 is 27.6 Å².